The van der Waals surface area contributed by atoms with Crippen molar-refractivity contribution in [1.29, 1.82) is 0 Å². The number of furan rings is 1. The van der Waals surface area contributed by atoms with Gasteiger partial charge in [-0.25, -0.2) is 9.79 Å². The zero-order chi connectivity index (χ0) is 14.1. The summed E-state index contributed by atoms with van der Waals surface area (Å²) in [5.74, 6) is 0.313. The minimum Gasteiger partial charge on any atom is -0.449 e. The van der Waals surface area contributed by atoms with Gasteiger partial charge in [0.25, 0.3) is 0 Å². The number of esters is 1. The van der Waals surface area contributed by atoms with Gasteiger partial charge in [-0.15, -0.1) is 0 Å². The normalized spacial score (nSPS) is 16.4. The van der Waals surface area contributed by atoms with E-state index in [1.807, 2.05) is 30.3 Å². The van der Waals surface area contributed by atoms with Gasteiger partial charge in [0.05, 0.1) is 4.47 Å². The van der Waals surface area contributed by atoms with E-state index in [0.717, 1.165) is 10.0 Å². The first kappa shape index (κ1) is 13.3. The number of carbonyl (C=O) groups is 1. The van der Waals surface area contributed by atoms with Crippen LogP contribution in [-0.4, -0.2) is 11.9 Å². The lowest BCUT2D eigenvalue weighted by Gasteiger charge is -1.97. The zero-order valence-corrected chi connectivity index (χ0v) is 13.1. The predicted molar refractivity (Wildman–Crippen MR) is 81.2 cm³/mol. The number of benzene rings is 1. The molecule has 0 N–H and O–H groups in total. The van der Waals surface area contributed by atoms with Gasteiger partial charge in [-0.1, -0.05) is 18.2 Å². The summed E-state index contributed by atoms with van der Waals surface area (Å²) in [4.78, 5) is 16.0. The second kappa shape index (κ2) is 5.38. The van der Waals surface area contributed by atoms with E-state index < -0.39 is 5.97 Å². The number of nitrogens with zero attached hydrogens (tertiary/aromatic N) is 1. The van der Waals surface area contributed by atoms with Gasteiger partial charge in [0.1, 0.15) is 5.76 Å². The summed E-state index contributed by atoms with van der Waals surface area (Å²) in [7, 11) is 0. The maximum absolute atomic E-state index is 11.8. The monoisotopic (exact) mass is 395 g/mol. The molecule has 4 nitrogen and oxygen atoms in total. The molecule has 6 heteroatoms. The summed E-state index contributed by atoms with van der Waals surface area (Å²) in [5.41, 5.74) is 0.962. The molecule has 2 heterocycles. The van der Waals surface area contributed by atoms with Crippen molar-refractivity contribution in [1.82, 2.24) is 0 Å². The van der Waals surface area contributed by atoms with E-state index in [9.17, 15) is 4.79 Å². The lowest BCUT2D eigenvalue weighted by atomic mass is 10.2. The molecule has 0 unspecified atom stereocenters. The highest BCUT2D eigenvalue weighted by Gasteiger charge is 2.24. The van der Waals surface area contributed by atoms with E-state index in [1.165, 1.54) is 6.08 Å². The molecule has 0 atom stereocenters. The summed E-state index contributed by atoms with van der Waals surface area (Å²) < 4.78 is 11.9. The van der Waals surface area contributed by atoms with Crippen LogP contribution in [0, 0.1) is 0 Å². The molecular formula is C14H7Br2NO3. The van der Waals surface area contributed by atoms with Crippen LogP contribution in [0.15, 0.2) is 60.6 Å². The molecule has 3 rings (SSSR count). The number of carbonyl (C=O) groups excluding carboxylic acids is 1. The second-order valence-corrected chi connectivity index (χ2v) is 5.55. The molecule has 100 valence electrons. The fraction of sp³-hybridized carbons (Fsp3) is 0. The molecule has 0 amide bonds. The van der Waals surface area contributed by atoms with Crippen LogP contribution in [0.5, 0.6) is 0 Å². The molecule has 1 aliphatic heterocycles. The number of cyclic esters (lactones) is 1. The fourth-order valence-electron chi connectivity index (χ4n) is 1.68. The highest BCUT2D eigenvalue weighted by atomic mass is 79.9. The first-order chi connectivity index (χ1) is 9.63. The van der Waals surface area contributed by atoms with Crippen molar-refractivity contribution in [3.8, 4) is 0 Å². The molecule has 0 saturated heterocycles. The Morgan fingerprint density at radius 2 is 1.90 bits per heavy atom. The topological polar surface area (TPSA) is 51.8 Å². The molecule has 0 radical (unpaired) electrons. The Labute approximate surface area is 131 Å². The standard InChI is InChI=1S/C14H7Br2NO3/c15-10-6-9(19-12(10)16)7-11-14(18)20-13(17-11)8-4-2-1-3-5-8/h1-7H/b11-7+. The predicted octanol–water partition coefficient (Wildman–Crippen LogP) is 4.15. The Morgan fingerprint density at radius 3 is 2.55 bits per heavy atom. The van der Waals surface area contributed by atoms with Gasteiger partial charge in [-0.05, 0) is 50.1 Å². The van der Waals surface area contributed by atoms with Crippen LogP contribution in [-0.2, 0) is 9.53 Å². The lowest BCUT2D eigenvalue weighted by Crippen LogP contribution is -2.04. The quantitative estimate of drug-likeness (QED) is 0.566. The maximum Gasteiger partial charge on any atom is 0.363 e. The van der Waals surface area contributed by atoms with E-state index >= 15 is 0 Å². The van der Waals surface area contributed by atoms with E-state index in [2.05, 4.69) is 36.9 Å². The van der Waals surface area contributed by atoms with Crippen LogP contribution in [0.3, 0.4) is 0 Å². The molecule has 2 aromatic rings. The second-order valence-electron chi connectivity index (χ2n) is 3.97. The number of halogens is 2. The SMILES string of the molecule is O=C1OC(c2ccccc2)=N/C1=C/c1cc(Br)c(Br)o1. The van der Waals surface area contributed by atoms with E-state index in [-0.39, 0.29) is 5.70 Å². The third-order valence-electron chi connectivity index (χ3n) is 2.58. The Bertz CT molecular complexity index is 713. The fourth-order valence-corrected chi connectivity index (χ4v) is 2.29. The molecule has 1 aromatic carbocycles. The van der Waals surface area contributed by atoms with Crippen LogP contribution in [0.4, 0.5) is 0 Å². The number of hydrogen-bond acceptors (Lipinski definition) is 4. The Balaban J connectivity index is 1.94. The first-order valence-electron chi connectivity index (χ1n) is 5.66. The van der Waals surface area contributed by atoms with Gasteiger partial charge in [0.15, 0.2) is 10.4 Å². The van der Waals surface area contributed by atoms with Gasteiger partial charge < -0.3 is 9.15 Å². The smallest absolute Gasteiger partial charge is 0.363 e. The molecule has 0 spiro atoms. The summed E-state index contributed by atoms with van der Waals surface area (Å²) in [6.07, 6.45) is 1.54. The molecule has 1 aromatic heterocycles. The van der Waals surface area contributed by atoms with Crippen LogP contribution < -0.4 is 0 Å². The van der Waals surface area contributed by atoms with Crippen molar-refractivity contribution in [3.63, 3.8) is 0 Å². The van der Waals surface area contributed by atoms with E-state index in [1.54, 1.807) is 6.07 Å². The molecule has 0 bridgehead atoms. The van der Waals surface area contributed by atoms with Crippen molar-refractivity contribution < 1.29 is 13.9 Å². The van der Waals surface area contributed by atoms with Crippen molar-refractivity contribution in [2.45, 2.75) is 0 Å². The maximum atomic E-state index is 11.8. The van der Waals surface area contributed by atoms with Gasteiger partial charge in [0, 0.05) is 11.6 Å². The summed E-state index contributed by atoms with van der Waals surface area (Å²) in [6.45, 7) is 0. The largest absolute Gasteiger partial charge is 0.449 e. The third-order valence-corrected chi connectivity index (χ3v) is 4.29. The Morgan fingerprint density at radius 1 is 1.15 bits per heavy atom. The minimum atomic E-state index is -0.493. The number of rotatable bonds is 2. The van der Waals surface area contributed by atoms with Crippen molar-refractivity contribution >= 4 is 49.8 Å². The zero-order valence-electron chi connectivity index (χ0n) is 9.97. The van der Waals surface area contributed by atoms with Crippen LogP contribution in [0.2, 0.25) is 0 Å². The highest BCUT2D eigenvalue weighted by Crippen LogP contribution is 2.29. The first-order valence-corrected chi connectivity index (χ1v) is 7.25. The van der Waals surface area contributed by atoms with Crippen molar-refractivity contribution in [2.75, 3.05) is 0 Å². The molecule has 0 fully saturated rings. The number of aliphatic imine (C=N–C) groups is 1. The van der Waals surface area contributed by atoms with Crippen LogP contribution in [0.25, 0.3) is 6.08 Å². The summed E-state index contributed by atoms with van der Waals surface area (Å²) >= 11 is 6.54. The van der Waals surface area contributed by atoms with Crippen molar-refractivity contribution in [2.24, 2.45) is 4.99 Å². The van der Waals surface area contributed by atoms with Gasteiger partial charge in [-0.3, -0.25) is 0 Å². The summed E-state index contributed by atoms with van der Waals surface area (Å²) in [6, 6.07) is 11.0. The minimum absolute atomic E-state index is 0.206. The van der Waals surface area contributed by atoms with Gasteiger partial charge in [-0.2, -0.15) is 0 Å². The average Bonchev–Trinajstić information content (AvgIpc) is 2.95. The summed E-state index contributed by atoms with van der Waals surface area (Å²) in [5, 5.41) is 0. The van der Waals surface area contributed by atoms with Gasteiger partial charge >= 0.3 is 5.97 Å². The number of hydrogen-bond donors (Lipinski definition) is 0. The molecular weight excluding hydrogens is 390 g/mol. The molecule has 0 saturated carbocycles. The Kier molecular flexibility index (Phi) is 3.58. The number of ether oxygens (including phenoxy) is 1. The van der Waals surface area contributed by atoms with Crippen molar-refractivity contribution in [3.05, 3.63) is 62.6 Å². The van der Waals surface area contributed by atoms with E-state index in [4.69, 9.17) is 9.15 Å². The lowest BCUT2D eigenvalue weighted by molar-refractivity contribution is -0.129. The molecule has 1 aliphatic rings. The average molecular weight is 397 g/mol. The molecule has 20 heavy (non-hydrogen) atoms. The Hall–Kier alpha value is -1.66. The van der Waals surface area contributed by atoms with E-state index in [0.29, 0.717) is 16.3 Å². The van der Waals surface area contributed by atoms with Gasteiger partial charge in [0.2, 0.25) is 5.90 Å². The third kappa shape index (κ3) is 2.62. The van der Waals surface area contributed by atoms with Crippen LogP contribution in [0.1, 0.15) is 11.3 Å². The van der Waals surface area contributed by atoms with Crippen LogP contribution >= 0.6 is 31.9 Å². The molecule has 0 aliphatic carbocycles. The highest BCUT2D eigenvalue weighted by molar-refractivity contribution is 9.13.